The lowest BCUT2D eigenvalue weighted by Crippen LogP contribution is -1.84. The Bertz CT molecular complexity index is 445. The van der Waals surface area contributed by atoms with Gasteiger partial charge in [-0.1, -0.05) is 22.3 Å². The smallest absolute Gasteiger partial charge is 0.320 e. The Morgan fingerprint density at radius 3 is 2.29 bits per heavy atom. The van der Waals surface area contributed by atoms with E-state index in [0.717, 1.165) is 5.56 Å². The van der Waals surface area contributed by atoms with Crippen molar-refractivity contribution in [1.82, 2.24) is 10.1 Å². The Hall–Kier alpha value is -1.35. The van der Waals surface area contributed by atoms with E-state index in [9.17, 15) is 0 Å². The molecule has 0 bridgehead atoms. The van der Waals surface area contributed by atoms with Crippen molar-refractivity contribution in [3.05, 3.63) is 34.7 Å². The molecule has 0 aliphatic heterocycles. The fraction of sp³-hybridized carbons (Fsp3) is 0.200. The first-order valence-corrected chi connectivity index (χ1v) is 4.61. The summed E-state index contributed by atoms with van der Waals surface area (Å²) in [7, 11) is 0. The Labute approximate surface area is 86.7 Å². The van der Waals surface area contributed by atoms with Crippen LogP contribution in [0.5, 0.6) is 0 Å². The van der Waals surface area contributed by atoms with Crippen molar-refractivity contribution < 1.29 is 4.52 Å². The molecule has 0 radical (unpaired) electrons. The summed E-state index contributed by atoms with van der Waals surface area (Å²) in [6, 6.07) is 6.08. The van der Waals surface area contributed by atoms with Gasteiger partial charge in [-0.05, 0) is 37.6 Å². The summed E-state index contributed by atoms with van der Waals surface area (Å²) in [5.74, 6) is 0.529. The standard InChI is InChI=1S/C10H9ClN2O/c1-6-3-7(2)5-8(4-6)9-12-10(11)14-13-9/h3-5H,1-2H3. The molecule has 1 heterocycles. The first-order chi connectivity index (χ1) is 6.65. The molecule has 1 aromatic heterocycles. The highest BCUT2D eigenvalue weighted by molar-refractivity contribution is 6.27. The minimum atomic E-state index is 0.0687. The van der Waals surface area contributed by atoms with Gasteiger partial charge in [0.1, 0.15) is 0 Å². The van der Waals surface area contributed by atoms with Gasteiger partial charge in [0.2, 0.25) is 5.82 Å². The molecule has 2 rings (SSSR count). The lowest BCUT2D eigenvalue weighted by atomic mass is 10.1. The first kappa shape index (κ1) is 9.21. The van der Waals surface area contributed by atoms with E-state index in [-0.39, 0.29) is 5.35 Å². The lowest BCUT2D eigenvalue weighted by Gasteiger charge is -1.99. The van der Waals surface area contributed by atoms with Crippen LogP contribution in [-0.2, 0) is 0 Å². The molecule has 0 unspecified atom stereocenters. The fourth-order valence-electron chi connectivity index (χ4n) is 1.43. The number of benzene rings is 1. The van der Waals surface area contributed by atoms with E-state index in [1.807, 2.05) is 26.0 Å². The van der Waals surface area contributed by atoms with Crippen molar-refractivity contribution in [3.63, 3.8) is 0 Å². The first-order valence-electron chi connectivity index (χ1n) is 4.23. The maximum Gasteiger partial charge on any atom is 0.320 e. The maximum atomic E-state index is 5.55. The molecule has 0 saturated heterocycles. The van der Waals surface area contributed by atoms with Gasteiger partial charge in [-0.25, -0.2) is 0 Å². The molecule has 0 fully saturated rings. The molecule has 0 aliphatic carbocycles. The van der Waals surface area contributed by atoms with Crippen molar-refractivity contribution in [1.29, 1.82) is 0 Å². The summed E-state index contributed by atoms with van der Waals surface area (Å²) in [4.78, 5) is 3.95. The van der Waals surface area contributed by atoms with Crippen LogP contribution in [-0.4, -0.2) is 10.1 Å². The molecule has 0 atom stereocenters. The van der Waals surface area contributed by atoms with Crippen LogP contribution in [0.4, 0.5) is 0 Å². The quantitative estimate of drug-likeness (QED) is 0.723. The van der Waals surface area contributed by atoms with Gasteiger partial charge >= 0.3 is 5.35 Å². The molecule has 2 aromatic rings. The number of hydrogen-bond donors (Lipinski definition) is 0. The van der Waals surface area contributed by atoms with Crippen molar-refractivity contribution in [2.75, 3.05) is 0 Å². The number of aromatic nitrogens is 2. The number of hydrogen-bond acceptors (Lipinski definition) is 3. The minimum absolute atomic E-state index is 0.0687. The SMILES string of the molecule is Cc1cc(C)cc(-c2noc(Cl)n2)c1. The van der Waals surface area contributed by atoms with E-state index in [0.29, 0.717) is 5.82 Å². The average Bonchev–Trinajstić information content (AvgIpc) is 2.50. The number of aryl methyl sites for hydroxylation is 2. The van der Waals surface area contributed by atoms with Crippen LogP contribution in [0, 0.1) is 13.8 Å². The minimum Gasteiger partial charge on any atom is -0.321 e. The molecule has 72 valence electrons. The van der Waals surface area contributed by atoms with E-state index in [1.54, 1.807) is 0 Å². The molecule has 0 amide bonds. The highest BCUT2D eigenvalue weighted by Crippen LogP contribution is 2.20. The summed E-state index contributed by atoms with van der Waals surface area (Å²) < 4.78 is 4.70. The van der Waals surface area contributed by atoms with Gasteiger partial charge in [-0.15, -0.1) is 0 Å². The Morgan fingerprint density at radius 2 is 1.79 bits per heavy atom. The van der Waals surface area contributed by atoms with E-state index < -0.39 is 0 Å². The molecule has 14 heavy (non-hydrogen) atoms. The monoisotopic (exact) mass is 208 g/mol. The topological polar surface area (TPSA) is 38.9 Å². The highest BCUT2D eigenvalue weighted by atomic mass is 35.5. The van der Waals surface area contributed by atoms with Gasteiger partial charge in [-0.3, -0.25) is 0 Å². The second-order valence-corrected chi connectivity index (χ2v) is 3.57. The number of halogens is 1. The zero-order valence-electron chi connectivity index (χ0n) is 7.91. The van der Waals surface area contributed by atoms with E-state index >= 15 is 0 Å². The van der Waals surface area contributed by atoms with Gasteiger partial charge < -0.3 is 4.52 Å². The molecule has 0 N–H and O–H groups in total. The predicted octanol–water partition coefficient (Wildman–Crippen LogP) is 3.01. The molecular formula is C10H9ClN2O. The fourth-order valence-corrected chi connectivity index (χ4v) is 1.54. The molecule has 4 heteroatoms. The number of nitrogens with zero attached hydrogens (tertiary/aromatic N) is 2. The van der Waals surface area contributed by atoms with Crippen molar-refractivity contribution in [3.8, 4) is 11.4 Å². The van der Waals surface area contributed by atoms with Crippen molar-refractivity contribution in [2.24, 2.45) is 0 Å². The maximum absolute atomic E-state index is 5.55. The largest absolute Gasteiger partial charge is 0.321 e. The van der Waals surface area contributed by atoms with E-state index in [4.69, 9.17) is 16.1 Å². The third-order valence-corrected chi connectivity index (χ3v) is 2.03. The van der Waals surface area contributed by atoms with Crippen LogP contribution >= 0.6 is 11.6 Å². The van der Waals surface area contributed by atoms with Crippen LogP contribution in [0.25, 0.3) is 11.4 Å². The predicted molar refractivity (Wildman–Crippen MR) is 54.2 cm³/mol. The Morgan fingerprint density at radius 1 is 1.14 bits per heavy atom. The summed E-state index contributed by atoms with van der Waals surface area (Å²) in [6.07, 6.45) is 0. The zero-order valence-corrected chi connectivity index (χ0v) is 8.67. The lowest BCUT2D eigenvalue weighted by molar-refractivity contribution is 0.421. The van der Waals surface area contributed by atoms with E-state index in [1.165, 1.54) is 11.1 Å². The van der Waals surface area contributed by atoms with Gasteiger partial charge in [-0.2, -0.15) is 4.98 Å². The Kier molecular flexibility index (Phi) is 2.25. The van der Waals surface area contributed by atoms with Crippen LogP contribution in [0.1, 0.15) is 11.1 Å². The third-order valence-electron chi connectivity index (χ3n) is 1.88. The molecule has 0 aliphatic rings. The van der Waals surface area contributed by atoms with E-state index in [2.05, 4.69) is 16.2 Å². The second kappa shape index (κ2) is 3.42. The van der Waals surface area contributed by atoms with Crippen molar-refractivity contribution in [2.45, 2.75) is 13.8 Å². The summed E-state index contributed by atoms with van der Waals surface area (Å²) in [5.41, 5.74) is 3.26. The summed E-state index contributed by atoms with van der Waals surface area (Å²) >= 11 is 5.55. The second-order valence-electron chi connectivity index (χ2n) is 3.25. The summed E-state index contributed by atoms with van der Waals surface area (Å²) in [5, 5.41) is 3.82. The molecule has 0 spiro atoms. The van der Waals surface area contributed by atoms with Crippen molar-refractivity contribution >= 4 is 11.6 Å². The van der Waals surface area contributed by atoms with Gasteiger partial charge in [0, 0.05) is 5.56 Å². The molecule has 1 aromatic carbocycles. The van der Waals surface area contributed by atoms with Crippen LogP contribution < -0.4 is 0 Å². The van der Waals surface area contributed by atoms with Crippen LogP contribution in [0.2, 0.25) is 5.35 Å². The Balaban J connectivity index is 2.51. The molecule has 3 nitrogen and oxygen atoms in total. The molecule has 0 saturated carbocycles. The normalized spacial score (nSPS) is 10.5. The van der Waals surface area contributed by atoms with Gasteiger partial charge in [0.25, 0.3) is 0 Å². The van der Waals surface area contributed by atoms with Gasteiger partial charge in [0.15, 0.2) is 0 Å². The third kappa shape index (κ3) is 1.77. The number of rotatable bonds is 1. The highest BCUT2D eigenvalue weighted by Gasteiger charge is 2.06. The summed E-state index contributed by atoms with van der Waals surface area (Å²) in [6.45, 7) is 4.05. The van der Waals surface area contributed by atoms with Crippen LogP contribution in [0.15, 0.2) is 22.7 Å². The van der Waals surface area contributed by atoms with Gasteiger partial charge in [0.05, 0.1) is 0 Å². The zero-order chi connectivity index (χ0) is 10.1. The average molecular weight is 209 g/mol. The van der Waals surface area contributed by atoms with Crippen LogP contribution in [0.3, 0.4) is 0 Å². The molecular weight excluding hydrogens is 200 g/mol.